The number of aliphatic imine (C=N–C) groups is 1. The summed E-state index contributed by atoms with van der Waals surface area (Å²) in [6.07, 6.45) is 8.77. The summed E-state index contributed by atoms with van der Waals surface area (Å²) >= 11 is -1.17. The van der Waals surface area contributed by atoms with Crippen molar-refractivity contribution in [3.63, 3.8) is 0 Å². The molecule has 0 N–H and O–H groups in total. The van der Waals surface area contributed by atoms with Gasteiger partial charge in [-0.3, -0.25) is 0 Å². The molecule has 0 aliphatic rings. The van der Waals surface area contributed by atoms with Gasteiger partial charge in [-0.15, -0.1) is 0 Å². The van der Waals surface area contributed by atoms with Gasteiger partial charge < -0.3 is 0 Å². The van der Waals surface area contributed by atoms with Crippen molar-refractivity contribution < 1.29 is 0 Å². The van der Waals surface area contributed by atoms with E-state index in [2.05, 4.69) is 35.7 Å². The number of hydrogen-bond acceptors (Lipinski definition) is 2. The third kappa shape index (κ3) is 6.32. The average Bonchev–Trinajstić information content (AvgIpc) is 2.18. The second-order valence-electron chi connectivity index (χ2n) is 3.65. The van der Waals surface area contributed by atoms with Gasteiger partial charge in [0.05, 0.1) is 0 Å². The van der Waals surface area contributed by atoms with Crippen LogP contribution in [0, 0.1) is 0 Å². The molecule has 0 aromatic rings. The van der Waals surface area contributed by atoms with Crippen LogP contribution in [0.25, 0.3) is 0 Å². The number of hydrogen-bond donors (Lipinski definition) is 0. The molecule has 0 saturated heterocycles. The second-order valence-corrected chi connectivity index (χ2v) is 10.5. The zero-order chi connectivity index (χ0) is 10.8. The van der Waals surface area contributed by atoms with E-state index in [4.69, 9.17) is 0 Å². The van der Waals surface area contributed by atoms with Crippen LogP contribution in [0.5, 0.6) is 0 Å². The van der Waals surface area contributed by atoms with E-state index in [1.54, 1.807) is 7.05 Å². The fraction of sp³-hybridized carbons (Fsp3) is 0.727. The zero-order valence-corrected chi connectivity index (χ0v) is 12.5. The SMILES string of the molecule is CC[CH2][Ga]([CH2]CC)[N](C)/C=C\C=NC. The van der Waals surface area contributed by atoms with E-state index >= 15 is 0 Å². The van der Waals surface area contributed by atoms with E-state index in [1.165, 1.54) is 22.8 Å². The van der Waals surface area contributed by atoms with Gasteiger partial charge in [0.2, 0.25) is 0 Å². The van der Waals surface area contributed by atoms with E-state index in [0.29, 0.717) is 0 Å². The maximum absolute atomic E-state index is 3.94. The van der Waals surface area contributed by atoms with E-state index in [-0.39, 0.29) is 0 Å². The molecule has 0 spiro atoms. The van der Waals surface area contributed by atoms with Crippen LogP contribution in [0.1, 0.15) is 26.7 Å². The van der Waals surface area contributed by atoms with Gasteiger partial charge in [0.25, 0.3) is 0 Å². The molecule has 0 bridgehead atoms. The van der Waals surface area contributed by atoms with Gasteiger partial charge >= 0.3 is 94.3 Å². The molecule has 0 heterocycles. The van der Waals surface area contributed by atoms with E-state index in [1.807, 2.05) is 12.3 Å². The minimum atomic E-state index is -1.17. The van der Waals surface area contributed by atoms with Crippen molar-refractivity contribution in [2.45, 2.75) is 36.6 Å². The average molecular weight is 253 g/mol. The Morgan fingerprint density at radius 1 is 1.21 bits per heavy atom. The molecule has 0 aromatic heterocycles. The van der Waals surface area contributed by atoms with Gasteiger partial charge in [0.1, 0.15) is 0 Å². The third-order valence-electron chi connectivity index (χ3n) is 2.38. The van der Waals surface area contributed by atoms with Crippen molar-refractivity contribution in [1.29, 1.82) is 0 Å². The Labute approximate surface area is 94.4 Å². The van der Waals surface area contributed by atoms with Crippen molar-refractivity contribution in [1.82, 2.24) is 3.61 Å². The van der Waals surface area contributed by atoms with Gasteiger partial charge in [0, 0.05) is 0 Å². The first kappa shape index (κ1) is 13.8. The van der Waals surface area contributed by atoms with Crippen LogP contribution >= 0.6 is 0 Å². The van der Waals surface area contributed by atoms with Crippen molar-refractivity contribution in [3.05, 3.63) is 12.3 Å². The molecule has 14 heavy (non-hydrogen) atoms. The molecule has 0 atom stereocenters. The Morgan fingerprint density at radius 2 is 1.79 bits per heavy atom. The molecule has 0 rings (SSSR count). The predicted molar refractivity (Wildman–Crippen MR) is 67.3 cm³/mol. The van der Waals surface area contributed by atoms with Crippen LogP contribution in [0.15, 0.2) is 17.3 Å². The Hall–Kier alpha value is -0.154. The molecular weight excluding hydrogens is 230 g/mol. The normalized spacial score (nSPS) is 11.4. The summed E-state index contributed by atoms with van der Waals surface area (Å²) in [5, 5.41) is 0. The Kier molecular flexibility index (Phi) is 9.30. The fourth-order valence-electron chi connectivity index (χ4n) is 1.60. The third-order valence-corrected chi connectivity index (χ3v) is 10.4. The van der Waals surface area contributed by atoms with E-state index < -0.39 is 16.5 Å². The molecule has 0 amide bonds. The number of allylic oxidation sites excluding steroid dienone is 1. The van der Waals surface area contributed by atoms with E-state index in [9.17, 15) is 0 Å². The van der Waals surface area contributed by atoms with Crippen LogP contribution in [0.3, 0.4) is 0 Å². The predicted octanol–water partition coefficient (Wildman–Crippen LogP) is 2.94. The first-order valence-corrected chi connectivity index (χ1v) is 10.1. The monoisotopic (exact) mass is 252 g/mol. The molecule has 0 aliphatic carbocycles. The summed E-state index contributed by atoms with van der Waals surface area (Å²) in [4.78, 5) is 6.87. The Morgan fingerprint density at radius 3 is 2.21 bits per heavy atom. The summed E-state index contributed by atoms with van der Waals surface area (Å²) in [5.41, 5.74) is 0. The van der Waals surface area contributed by atoms with Crippen LogP contribution in [-0.2, 0) is 0 Å². The molecular formula is C11H23GaN2. The first-order chi connectivity index (χ1) is 6.76. The Bertz CT molecular complexity index is 172. The van der Waals surface area contributed by atoms with Crippen molar-refractivity contribution in [2.75, 3.05) is 14.1 Å². The molecule has 2 nitrogen and oxygen atoms in total. The van der Waals surface area contributed by atoms with Crippen LogP contribution in [0.2, 0.25) is 9.95 Å². The second kappa shape index (κ2) is 9.40. The summed E-state index contributed by atoms with van der Waals surface area (Å²) < 4.78 is 2.49. The maximum atomic E-state index is 3.94. The molecule has 0 saturated carbocycles. The summed E-state index contributed by atoms with van der Waals surface area (Å²) in [6.45, 7) is 4.58. The molecule has 0 unspecified atom stereocenters. The quantitative estimate of drug-likeness (QED) is 0.503. The van der Waals surface area contributed by atoms with Crippen LogP contribution in [-0.4, -0.2) is 40.4 Å². The molecule has 0 aliphatic heterocycles. The summed E-state index contributed by atoms with van der Waals surface area (Å²) in [7, 11) is 4.04. The molecule has 0 aromatic carbocycles. The minimum absolute atomic E-state index is 1.17. The number of nitrogens with zero attached hydrogens (tertiary/aromatic N) is 2. The molecule has 80 valence electrons. The summed E-state index contributed by atoms with van der Waals surface area (Å²) in [5.74, 6) is 0. The van der Waals surface area contributed by atoms with Crippen LogP contribution < -0.4 is 0 Å². The van der Waals surface area contributed by atoms with Gasteiger partial charge in [-0.25, -0.2) is 0 Å². The number of rotatable bonds is 7. The van der Waals surface area contributed by atoms with Gasteiger partial charge in [0.15, 0.2) is 0 Å². The molecule has 3 heteroatoms. The van der Waals surface area contributed by atoms with Gasteiger partial charge in [-0.2, -0.15) is 0 Å². The van der Waals surface area contributed by atoms with E-state index in [0.717, 1.165) is 0 Å². The van der Waals surface area contributed by atoms with Gasteiger partial charge in [-0.1, -0.05) is 0 Å². The van der Waals surface area contributed by atoms with Crippen molar-refractivity contribution >= 4 is 22.7 Å². The Balaban J connectivity index is 4.05. The van der Waals surface area contributed by atoms with Crippen LogP contribution in [0.4, 0.5) is 0 Å². The van der Waals surface area contributed by atoms with Crippen molar-refractivity contribution in [2.24, 2.45) is 4.99 Å². The first-order valence-electron chi connectivity index (χ1n) is 5.57. The van der Waals surface area contributed by atoms with Gasteiger partial charge in [-0.05, 0) is 0 Å². The fourth-order valence-corrected chi connectivity index (χ4v) is 7.43. The topological polar surface area (TPSA) is 15.6 Å². The van der Waals surface area contributed by atoms with Crippen molar-refractivity contribution in [3.8, 4) is 0 Å². The molecule has 0 fully saturated rings. The standard InChI is InChI=1S/C5H9N2.2C3H7.Ga/c1-6-4-3-5-7-2;2*1-3-2;/h3-5H,1-2H3;2*1,3H2,2H3;/q-1;;;+1/b4-3-,7-5?;;;. The molecule has 0 radical (unpaired) electrons. The summed E-state index contributed by atoms with van der Waals surface area (Å²) in [6, 6.07) is 0. The zero-order valence-electron chi connectivity index (χ0n) is 10.0.